The SMILES string of the molecule is Cn1cc(C(=O)C[C@@H](c2cc(F)cc(F)c2)c2ncccc2F)ccc1=O. The monoisotopic (exact) mass is 372 g/mol. The van der Waals surface area contributed by atoms with Crippen LogP contribution in [0, 0.1) is 17.5 Å². The van der Waals surface area contributed by atoms with E-state index in [0.29, 0.717) is 6.07 Å². The molecular formula is C20H15F3N2O2. The van der Waals surface area contributed by atoms with Crippen LogP contribution in [0.3, 0.4) is 0 Å². The van der Waals surface area contributed by atoms with Crippen molar-refractivity contribution in [3.8, 4) is 0 Å². The van der Waals surface area contributed by atoms with Crippen LogP contribution in [-0.4, -0.2) is 15.3 Å². The number of hydrogen-bond acceptors (Lipinski definition) is 3. The highest BCUT2D eigenvalue weighted by Crippen LogP contribution is 2.30. The van der Waals surface area contributed by atoms with Crippen molar-refractivity contribution in [1.29, 1.82) is 0 Å². The Morgan fingerprint density at radius 2 is 1.81 bits per heavy atom. The summed E-state index contributed by atoms with van der Waals surface area (Å²) in [6.07, 6.45) is 2.44. The Balaban J connectivity index is 2.04. The molecule has 0 N–H and O–H groups in total. The summed E-state index contributed by atoms with van der Waals surface area (Å²) in [5, 5.41) is 0. The second-order valence-electron chi connectivity index (χ2n) is 6.12. The van der Waals surface area contributed by atoms with Crippen LogP contribution >= 0.6 is 0 Å². The number of rotatable bonds is 5. The molecule has 0 aliphatic heterocycles. The molecule has 138 valence electrons. The van der Waals surface area contributed by atoms with E-state index in [4.69, 9.17) is 0 Å². The molecular weight excluding hydrogens is 357 g/mol. The van der Waals surface area contributed by atoms with E-state index in [9.17, 15) is 22.8 Å². The highest BCUT2D eigenvalue weighted by atomic mass is 19.1. The largest absolute Gasteiger partial charge is 0.318 e. The van der Waals surface area contributed by atoms with Gasteiger partial charge in [-0.25, -0.2) is 13.2 Å². The average Bonchev–Trinajstić information content (AvgIpc) is 2.61. The summed E-state index contributed by atoms with van der Waals surface area (Å²) >= 11 is 0. The Bertz CT molecular complexity index is 1040. The molecule has 27 heavy (non-hydrogen) atoms. The number of carbonyl (C=O) groups is 1. The zero-order valence-corrected chi connectivity index (χ0v) is 14.3. The number of Topliss-reactive ketones (excluding diaryl/α,β-unsaturated/α-hetero) is 1. The van der Waals surface area contributed by atoms with Gasteiger partial charge in [-0.3, -0.25) is 14.6 Å². The van der Waals surface area contributed by atoms with Crippen molar-refractivity contribution in [3.05, 3.63) is 99.5 Å². The van der Waals surface area contributed by atoms with E-state index >= 15 is 0 Å². The highest BCUT2D eigenvalue weighted by Gasteiger charge is 2.24. The van der Waals surface area contributed by atoms with Crippen LogP contribution in [-0.2, 0) is 7.05 Å². The molecule has 2 heterocycles. The fourth-order valence-electron chi connectivity index (χ4n) is 2.87. The van der Waals surface area contributed by atoms with Gasteiger partial charge in [0.15, 0.2) is 5.78 Å². The van der Waals surface area contributed by atoms with Crippen molar-refractivity contribution in [2.24, 2.45) is 7.05 Å². The number of aryl methyl sites for hydroxylation is 1. The van der Waals surface area contributed by atoms with E-state index in [2.05, 4.69) is 4.98 Å². The first kappa shape index (κ1) is 18.6. The second-order valence-corrected chi connectivity index (χ2v) is 6.12. The van der Waals surface area contributed by atoms with Crippen LogP contribution < -0.4 is 5.56 Å². The summed E-state index contributed by atoms with van der Waals surface area (Å²) in [6.45, 7) is 0. The summed E-state index contributed by atoms with van der Waals surface area (Å²) in [6, 6.07) is 7.96. The molecule has 0 fully saturated rings. The molecule has 0 spiro atoms. The van der Waals surface area contributed by atoms with Gasteiger partial charge in [-0.2, -0.15) is 0 Å². The van der Waals surface area contributed by atoms with Crippen molar-refractivity contribution in [2.75, 3.05) is 0 Å². The summed E-state index contributed by atoms with van der Waals surface area (Å²) in [5.41, 5.74) is -0.0367. The molecule has 0 saturated heterocycles. The van der Waals surface area contributed by atoms with Gasteiger partial charge >= 0.3 is 0 Å². The van der Waals surface area contributed by atoms with Crippen LogP contribution in [0.5, 0.6) is 0 Å². The molecule has 4 nitrogen and oxygen atoms in total. The summed E-state index contributed by atoms with van der Waals surface area (Å²) in [5.74, 6) is -3.74. The molecule has 2 aromatic heterocycles. The van der Waals surface area contributed by atoms with E-state index < -0.39 is 29.2 Å². The molecule has 3 rings (SSSR count). The Hall–Kier alpha value is -3.22. The summed E-state index contributed by atoms with van der Waals surface area (Å²) < 4.78 is 42.9. The second kappa shape index (κ2) is 7.57. The molecule has 0 radical (unpaired) electrons. The number of ketones is 1. The third kappa shape index (κ3) is 4.13. The predicted molar refractivity (Wildman–Crippen MR) is 93.0 cm³/mol. The van der Waals surface area contributed by atoms with Crippen molar-refractivity contribution in [3.63, 3.8) is 0 Å². The number of benzene rings is 1. The minimum atomic E-state index is -0.985. The number of hydrogen-bond donors (Lipinski definition) is 0. The topological polar surface area (TPSA) is 52.0 Å². The molecule has 3 aromatic rings. The minimum Gasteiger partial charge on any atom is -0.318 e. The maximum Gasteiger partial charge on any atom is 0.250 e. The molecule has 0 unspecified atom stereocenters. The lowest BCUT2D eigenvalue weighted by molar-refractivity contribution is 0.0976. The lowest BCUT2D eigenvalue weighted by Crippen LogP contribution is -2.18. The van der Waals surface area contributed by atoms with Gasteiger partial charge in [0.25, 0.3) is 0 Å². The van der Waals surface area contributed by atoms with Crippen LogP contribution in [0.2, 0.25) is 0 Å². The molecule has 0 saturated carbocycles. The lowest BCUT2D eigenvalue weighted by Gasteiger charge is -2.17. The zero-order valence-electron chi connectivity index (χ0n) is 14.3. The fourth-order valence-corrected chi connectivity index (χ4v) is 2.87. The van der Waals surface area contributed by atoms with Gasteiger partial charge in [-0.1, -0.05) is 0 Å². The van der Waals surface area contributed by atoms with Gasteiger partial charge in [-0.05, 0) is 35.9 Å². The summed E-state index contributed by atoms with van der Waals surface area (Å²) in [4.78, 5) is 28.1. The molecule has 1 aromatic carbocycles. The van der Waals surface area contributed by atoms with E-state index in [-0.39, 0.29) is 28.8 Å². The molecule has 7 heteroatoms. The van der Waals surface area contributed by atoms with Gasteiger partial charge < -0.3 is 4.57 Å². The number of pyridine rings is 2. The van der Waals surface area contributed by atoms with Crippen molar-refractivity contribution < 1.29 is 18.0 Å². The quantitative estimate of drug-likeness (QED) is 0.643. The third-order valence-corrected chi connectivity index (χ3v) is 4.20. The van der Waals surface area contributed by atoms with Gasteiger partial charge in [0.1, 0.15) is 17.5 Å². The number of nitrogens with zero attached hydrogens (tertiary/aromatic N) is 2. The van der Waals surface area contributed by atoms with E-state index in [1.54, 1.807) is 0 Å². The molecule has 0 aliphatic rings. The summed E-state index contributed by atoms with van der Waals surface area (Å²) in [7, 11) is 1.50. The van der Waals surface area contributed by atoms with Crippen molar-refractivity contribution >= 4 is 5.78 Å². The zero-order chi connectivity index (χ0) is 19.6. The molecule has 1 atom stereocenters. The standard InChI is InChI=1S/C20H15F3N2O2/c1-25-11-12(4-5-19(25)27)18(26)10-16(20-17(23)3-2-6-24-20)13-7-14(21)9-15(22)8-13/h2-9,11,16H,10H2,1H3/t16-/m0/s1. The number of aromatic nitrogens is 2. The fraction of sp³-hybridized carbons (Fsp3) is 0.150. The Morgan fingerprint density at radius 1 is 1.11 bits per heavy atom. The Morgan fingerprint density at radius 3 is 2.44 bits per heavy atom. The van der Waals surface area contributed by atoms with Gasteiger partial charge in [0.2, 0.25) is 5.56 Å². The van der Waals surface area contributed by atoms with E-state index in [1.165, 1.54) is 48.3 Å². The van der Waals surface area contributed by atoms with Gasteiger partial charge in [0, 0.05) is 49.5 Å². The van der Waals surface area contributed by atoms with Crippen LogP contribution in [0.15, 0.2) is 59.7 Å². The minimum absolute atomic E-state index is 0.0827. The highest BCUT2D eigenvalue weighted by molar-refractivity contribution is 5.96. The average molecular weight is 372 g/mol. The predicted octanol–water partition coefficient (Wildman–Crippen LogP) is 3.60. The number of carbonyl (C=O) groups excluding carboxylic acids is 1. The number of halogens is 3. The molecule has 0 aliphatic carbocycles. The first-order chi connectivity index (χ1) is 12.8. The van der Waals surface area contributed by atoms with E-state index in [0.717, 1.165) is 12.1 Å². The Labute approximate surface area is 152 Å². The lowest BCUT2D eigenvalue weighted by atomic mass is 9.88. The van der Waals surface area contributed by atoms with Crippen LogP contribution in [0.1, 0.15) is 34.0 Å². The smallest absolute Gasteiger partial charge is 0.250 e. The molecule has 0 amide bonds. The third-order valence-electron chi connectivity index (χ3n) is 4.20. The Kier molecular flexibility index (Phi) is 5.21. The first-order valence-electron chi connectivity index (χ1n) is 8.11. The first-order valence-corrected chi connectivity index (χ1v) is 8.11. The van der Waals surface area contributed by atoms with Gasteiger partial charge in [-0.15, -0.1) is 0 Å². The maximum atomic E-state index is 14.3. The van der Waals surface area contributed by atoms with Gasteiger partial charge in [0.05, 0.1) is 5.69 Å². The van der Waals surface area contributed by atoms with Crippen LogP contribution in [0.25, 0.3) is 0 Å². The van der Waals surface area contributed by atoms with Crippen molar-refractivity contribution in [1.82, 2.24) is 9.55 Å². The van der Waals surface area contributed by atoms with Crippen LogP contribution in [0.4, 0.5) is 13.2 Å². The van der Waals surface area contributed by atoms with Crippen molar-refractivity contribution in [2.45, 2.75) is 12.3 Å². The van der Waals surface area contributed by atoms with E-state index in [1.807, 2.05) is 0 Å². The maximum absolute atomic E-state index is 14.3. The normalized spacial score (nSPS) is 12.0. The molecule has 0 bridgehead atoms.